The van der Waals surface area contributed by atoms with Crippen LogP contribution < -0.4 is 4.74 Å². The van der Waals surface area contributed by atoms with Gasteiger partial charge < -0.3 is 13.6 Å². The van der Waals surface area contributed by atoms with Crippen LogP contribution in [0.15, 0.2) is 203 Å². The SMILES string of the molecule is c1cc(-c2cc(-c3nc4ccccc4o3)cc(-c3nc4ccccc4o3)c2)cc(-c2ccc3c(c2)-c2cc4ccccc4cc2C32c3ccccc3Oc3ccccc32)c1. The van der Waals surface area contributed by atoms with Crippen LogP contribution in [0.1, 0.15) is 22.3 Å². The molecule has 3 heterocycles. The van der Waals surface area contributed by atoms with Crippen molar-refractivity contribution in [2.75, 3.05) is 0 Å². The molecule has 13 rings (SSSR count). The summed E-state index contributed by atoms with van der Waals surface area (Å²) in [7, 11) is 0. The van der Waals surface area contributed by atoms with Gasteiger partial charge in [0.15, 0.2) is 11.2 Å². The lowest BCUT2D eigenvalue weighted by Gasteiger charge is -2.39. The zero-order chi connectivity index (χ0) is 39.4. The van der Waals surface area contributed by atoms with Gasteiger partial charge in [-0.2, -0.15) is 0 Å². The molecule has 0 bridgehead atoms. The molecule has 1 spiro atoms. The van der Waals surface area contributed by atoms with Gasteiger partial charge in [0.2, 0.25) is 11.8 Å². The van der Waals surface area contributed by atoms with E-state index in [2.05, 4.69) is 140 Å². The van der Waals surface area contributed by atoms with E-state index in [1.54, 1.807) is 0 Å². The number of rotatable bonds is 4. The number of oxazole rings is 2. The summed E-state index contributed by atoms with van der Waals surface area (Å²) < 4.78 is 19.2. The molecule has 0 N–H and O–H groups in total. The number of ether oxygens (including phenoxy) is 1. The molecule has 1 aliphatic heterocycles. The van der Waals surface area contributed by atoms with Crippen LogP contribution in [0.25, 0.3) is 89.3 Å². The lowest BCUT2D eigenvalue weighted by molar-refractivity contribution is 0.436. The maximum atomic E-state index is 6.61. The summed E-state index contributed by atoms with van der Waals surface area (Å²) in [5.74, 6) is 2.86. The van der Waals surface area contributed by atoms with E-state index in [1.165, 1.54) is 33.0 Å². The Kier molecular flexibility index (Phi) is 6.87. The summed E-state index contributed by atoms with van der Waals surface area (Å²) >= 11 is 0. The van der Waals surface area contributed by atoms with Crippen LogP contribution in [0.4, 0.5) is 0 Å². The second-order valence-electron chi connectivity index (χ2n) is 15.7. The molecule has 0 atom stereocenters. The van der Waals surface area contributed by atoms with Gasteiger partial charge in [0.1, 0.15) is 22.5 Å². The normalized spacial score (nSPS) is 13.3. The Hall–Kier alpha value is -8.02. The predicted molar refractivity (Wildman–Crippen MR) is 238 cm³/mol. The third-order valence-electron chi connectivity index (χ3n) is 12.3. The molecular weight excluding hydrogens is 737 g/mol. The zero-order valence-electron chi connectivity index (χ0n) is 32.1. The van der Waals surface area contributed by atoms with E-state index in [-0.39, 0.29) is 0 Å². The fourth-order valence-corrected chi connectivity index (χ4v) is 9.68. The predicted octanol–water partition coefficient (Wildman–Crippen LogP) is 14.3. The molecule has 9 aromatic carbocycles. The highest BCUT2D eigenvalue weighted by Crippen LogP contribution is 2.62. The molecular formula is C55H32N2O3. The molecule has 5 heteroatoms. The number of aromatic nitrogens is 2. The van der Waals surface area contributed by atoms with Gasteiger partial charge in [-0.3, -0.25) is 0 Å². The van der Waals surface area contributed by atoms with Gasteiger partial charge in [-0.1, -0.05) is 115 Å². The first-order valence-corrected chi connectivity index (χ1v) is 20.2. The van der Waals surface area contributed by atoms with Crippen LogP contribution in [0.3, 0.4) is 0 Å². The zero-order valence-corrected chi connectivity index (χ0v) is 32.1. The summed E-state index contributed by atoms with van der Waals surface area (Å²) in [5, 5.41) is 2.43. The summed E-state index contributed by atoms with van der Waals surface area (Å²) in [6.45, 7) is 0. The fraction of sp³-hybridized carbons (Fsp3) is 0.0182. The average Bonchev–Trinajstić information content (AvgIpc) is 4.02. The number of hydrogen-bond acceptors (Lipinski definition) is 5. The van der Waals surface area contributed by atoms with Crippen molar-refractivity contribution in [2.24, 2.45) is 0 Å². The molecule has 1 aliphatic carbocycles. The standard InChI is InChI=1S/C55H32N2O3/c1-2-13-36-32-46-42(30-35(36)12-1)41-31-37(24-25-43(41)55(46)44-16-3-7-20-49(44)58-50-21-8-4-17-45(50)55)33-14-11-15-34(26-33)38-27-39(53-56-47-18-5-9-22-51(47)59-53)29-40(28-38)54-57-48-19-6-10-23-52(48)60-54/h1-32H. The smallest absolute Gasteiger partial charge is 0.227 e. The minimum absolute atomic E-state index is 0.543. The fourth-order valence-electron chi connectivity index (χ4n) is 9.68. The number of nitrogens with zero attached hydrogens (tertiary/aromatic N) is 2. The quantitative estimate of drug-likeness (QED) is 0.178. The molecule has 0 radical (unpaired) electrons. The van der Waals surface area contributed by atoms with Gasteiger partial charge in [0.25, 0.3) is 0 Å². The lowest BCUT2D eigenvalue weighted by atomic mass is 9.66. The molecule has 0 unspecified atom stereocenters. The second-order valence-corrected chi connectivity index (χ2v) is 15.7. The summed E-state index contributed by atoms with van der Waals surface area (Å²) in [6.07, 6.45) is 0. The highest BCUT2D eigenvalue weighted by molar-refractivity contribution is 5.98. The van der Waals surface area contributed by atoms with Crippen LogP contribution >= 0.6 is 0 Å². The third kappa shape index (κ3) is 4.80. The van der Waals surface area contributed by atoms with Crippen LogP contribution in [-0.4, -0.2) is 9.97 Å². The van der Waals surface area contributed by atoms with E-state index in [1.807, 2.05) is 54.6 Å². The van der Waals surface area contributed by atoms with E-state index in [0.717, 1.165) is 78.2 Å². The molecule has 0 saturated heterocycles. The van der Waals surface area contributed by atoms with E-state index in [0.29, 0.717) is 11.8 Å². The maximum absolute atomic E-state index is 6.61. The largest absolute Gasteiger partial charge is 0.457 e. The molecule has 5 nitrogen and oxygen atoms in total. The third-order valence-corrected chi connectivity index (χ3v) is 12.3. The molecule has 60 heavy (non-hydrogen) atoms. The van der Waals surface area contributed by atoms with Gasteiger partial charge in [0.05, 0.1) is 5.41 Å². The van der Waals surface area contributed by atoms with Gasteiger partial charge in [-0.05, 0) is 134 Å². The van der Waals surface area contributed by atoms with E-state index >= 15 is 0 Å². The van der Waals surface area contributed by atoms with Crippen molar-refractivity contribution in [3.63, 3.8) is 0 Å². The van der Waals surface area contributed by atoms with Crippen LogP contribution in [-0.2, 0) is 5.41 Å². The van der Waals surface area contributed by atoms with Crippen LogP contribution in [0.2, 0.25) is 0 Å². The summed E-state index contributed by atoms with van der Waals surface area (Å²) in [5.41, 5.74) is 15.8. The Bertz CT molecular complexity index is 3350. The Morgan fingerprint density at radius 1 is 0.333 bits per heavy atom. The van der Waals surface area contributed by atoms with E-state index in [4.69, 9.17) is 23.5 Å². The first-order valence-electron chi connectivity index (χ1n) is 20.2. The molecule has 0 saturated carbocycles. The van der Waals surface area contributed by atoms with Crippen molar-refractivity contribution in [1.82, 2.24) is 9.97 Å². The Morgan fingerprint density at radius 2 is 0.833 bits per heavy atom. The highest BCUT2D eigenvalue weighted by atomic mass is 16.5. The van der Waals surface area contributed by atoms with Crippen LogP contribution in [0, 0.1) is 0 Å². The number of fused-ring (bicyclic) bond motifs is 12. The van der Waals surface area contributed by atoms with Crippen molar-refractivity contribution in [1.29, 1.82) is 0 Å². The van der Waals surface area contributed by atoms with Gasteiger partial charge in [0, 0.05) is 22.3 Å². The Balaban J connectivity index is 0.994. The molecule has 280 valence electrons. The van der Waals surface area contributed by atoms with Crippen molar-refractivity contribution in [3.05, 3.63) is 216 Å². The van der Waals surface area contributed by atoms with Crippen LogP contribution in [0.5, 0.6) is 11.5 Å². The Morgan fingerprint density at radius 3 is 1.48 bits per heavy atom. The average molecular weight is 769 g/mol. The number of hydrogen-bond donors (Lipinski definition) is 0. The summed E-state index contributed by atoms with van der Waals surface area (Å²) in [4.78, 5) is 9.74. The summed E-state index contributed by atoms with van der Waals surface area (Å²) in [6, 6.07) is 68.3. The minimum Gasteiger partial charge on any atom is -0.457 e. The van der Waals surface area contributed by atoms with Crippen molar-refractivity contribution in [2.45, 2.75) is 5.41 Å². The molecule has 0 fully saturated rings. The Labute approximate surface area is 344 Å². The second kappa shape index (κ2) is 12.5. The number of para-hydroxylation sites is 6. The molecule has 2 aromatic heterocycles. The van der Waals surface area contributed by atoms with E-state index < -0.39 is 5.41 Å². The maximum Gasteiger partial charge on any atom is 0.227 e. The topological polar surface area (TPSA) is 61.3 Å². The first-order chi connectivity index (χ1) is 29.7. The van der Waals surface area contributed by atoms with Gasteiger partial charge in [-0.15, -0.1) is 0 Å². The van der Waals surface area contributed by atoms with Crippen molar-refractivity contribution in [3.8, 4) is 67.8 Å². The highest BCUT2D eigenvalue weighted by Gasteiger charge is 2.51. The molecule has 0 amide bonds. The van der Waals surface area contributed by atoms with E-state index in [9.17, 15) is 0 Å². The molecule has 2 aliphatic rings. The number of benzene rings is 9. The van der Waals surface area contributed by atoms with Crippen molar-refractivity contribution < 1.29 is 13.6 Å². The monoisotopic (exact) mass is 768 g/mol. The van der Waals surface area contributed by atoms with Crippen molar-refractivity contribution >= 4 is 33.0 Å². The first kappa shape index (κ1) is 33.0. The molecule has 11 aromatic rings. The lowest BCUT2D eigenvalue weighted by Crippen LogP contribution is -2.32. The van der Waals surface area contributed by atoms with Gasteiger partial charge in [-0.25, -0.2) is 9.97 Å². The minimum atomic E-state index is -0.549. The van der Waals surface area contributed by atoms with Gasteiger partial charge >= 0.3 is 0 Å².